The fourth-order valence-corrected chi connectivity index (χ4v) is 3.11. The summed E-state index contributed by atoms with van der Waals surface area (Å²) in [6, 6.07) is 5.66. The molecule has 2 heterocycles. The van der Waals surface area contributed by atoms with Crippen LogP contribution in [0, 0.1) is 0 Å². The number of hydrogen-bond donors (Lipinski definition) is 2. The summed E-state index contributed by atoms with van der Waals surface area (Å²) in [6.45, 7) is 3.15. The number of carbonyl (C=O) groups is 1. The zero-order valence-corrected chi connectivity index (χ0v) is 12.9. The Hall–Kier alpha value is -1.59. The fourth-order valence-electron chi connectivity index (χ4n) is 3.11. The summed E-state index contributed by atoms with van der Waals surface area (Å²) in [5.74, 6) is 0.818. The second kappa shape index (κ2) is 6.67. The van der Waals surface area contributed by atoms with Crippen molar-refractivity contribution in [1.82, 2.24) is 5.32 Å². The van der Waals surface area contributed by atoms with Gasteiger partial charge in [0.15, 0.2) is 0 Å². The maximum Gasteiger partial charge on any atom is 0.220 e. The van der Waals surface area contributed by atoms with Crippen LogP contribution in [-0.2, 0) is 9.53 Å². The minimum Gasteiger partial charge on any atom is -0.493 e. The molecule has 1 aromatic rings. The van der Waals surface area contributed by atoms with Crippen molar-refractivity contribution in [1.29, 1.82) is 0 Å². The Morgan fingerprint density at radius 3 is 3.00 bits per heavy atom. The molecule has 5 nitrogen and oxygen atoms in total. The zero-order chi connectivity index (χ0) is 15.5. The summed E-state index contributed by atoms with van der Waals surface area (Å²) in [5, 5.41) is 13.5. The van der Waals surface area contributed by atoms with Gasteiger partial charge in [0.2, 0.25) is 5.91 Å². The molecule has 2 aliphatic rings. The number of fused-ring (bicyclic) bond motifs is 1. The Kier molecular flexibility index (Phi) is 4.64. The molecule has 1 fully saturated rings. The third-order valence-electron chi connectivity index (χ3n) is 4.39. The minimum absolute atomic E-state index is 0.0305. The Bertz CT molecular complexity index is 539. The molecule has 120 valence electrons. The number of amides is 1. The zero-order valence-electron chi connectivity index (χ0n) is 12.9. The van der Waals surface area contributed by atoms with Crippen LogP contribution in [0.2, 0.25) is 0 Å². The average Bonchev–Trinajstić information content (AvgIpc) is 3.08. The first-order valence-electron chi connectivity index (χ1n) is 8.04. The fraction of sp³-hybridized carbons (Fsp3) is 0.588. The molecule has 3 atom stereocenters. The van der Waals surface area contributed by atoms with Crippen molar-refractivity contribution in [3.05, 3.63) is 29.3 Å². The number of aliphatic hydroxyl groups is 1. The van der Waals surface area contributed by atoms with Crippen molar-refractivity contribution in [3.8, 4) is 5.75 Å². The molecular weight excluding hydrogens is 282 g/mol. The van der Waals surface area contributed by atoms with Crippen molar-refractivity contribution in [3.63, 3.8) is 0 Å². The molecule has 1 aromatic carbocycles. The van der Waals surface area contributed by atoms with Gasteiger partial charge >= 0.3 is 0 Å². The molecule has 3 unspecified atom stereocenters. The summed E-state index contributed by atoms with van der Waals surface area (Å²) in [6.07, 6.45) is 2.32. The van der Waals surface area contributed by atoms with E-state index >= 15 is 0 Å². The molecule has 0 saturated carbocycles. The SMILES string of the molecule is CCC(=O)NC1CCOc2ccc(C(O)C3CCCO3)cc21. The van der Waals surface area contributed by atoms with Crippen LogP contribution in [0.15, 0.2) is 18.2 Å². The number of nitrogens with one attached hydrogen (secondary N) is 1. The van der Waals surface area contributed by atoms with Gasteiger partial charge in [0.05, 0.1) is 18.8 Å². The van der Waals surface area contributed by atoms with Crippen LogP contribution in [0.1, 0.15) is 55.9 Å². The summed E-state index contributed by atoms with van der Waals surface area (Å²) in [7, 11) is 0. The van der Waals surface area contributed by atoms with Crippen molar-refractivity contribution >= 4 is 5.91 Å². The molecule has 1 saturated heterocycles. The highest BCUT2D eigenvalue weighted by Crippen LogP contribution is 2.36. The quantitative estimate of drug-likeness (QED) is 0.895. The Morgan fingerprint density at radius 2 is 2.27 bits per heavy atom. The van der Waals surface area contributed by atoms with Gasteiger partial charge in [-0.3, -0.25) is 4.79 Å². The van der Waals surface area contributed by atoms with Gasteiger partial charge in [-0.2, -0.15) is 0 Å². The first-order chi connectivity index (χ1) is 10.7. The molecule has 2 N–H and O–H groups in total. The van der Waals surface area contributed by atoms with Crippen LogP contribution in [0.4, 0.5) is 0 Å². The molecule has 0 bridgehead atoms. The number of benzene rings is 1. The van der Waals surface area contributed by atoms with E-state index in [0.717, 1.165) is 36.1 Å². The molecule has 0 aliphatic carbocycles. The highest BCUT2D eigenvalue weighted by atomic mass is 16.5. The summed E-state index contributed by atoms with van der Waals surface area (Å²) >= 11 is 0. The lowest BCUT2D eigenvalue weighted by Crippen LogP contribution is -2.31. The van der Waals surface area contributed by atoms with Gasteiger partial charge in [-0.1, -0.05) is 13.0 Å². The Morgan fingerprint density at radius 1 is 1.41 bits per heavy atom. The molecule has 22 heavy (non-hydrogen) atoms. The van der Waals surface area contributed by atoms with E-state index in [2.05, 4.69) is 5.32 Å². The second-order valence-electron chi connectivity index (χ2n) is 5.90. The molecule has 0 aromatic heterocycles. The van der Waals surface area contributed by atoms with Crippen LogP contribution < -0.4 is 10.1 Å². The standard InChI is InChI=1S/C17H23NO4/c1-2-16(19)18-13-7-9-22-14-6-5-11(10-12(13)14)17(20)15-4-3-8-21-15/h5-6,10,13,15,17,20H,2-4,7-9H2,1H3,(H,18,19). The van der Waals surface area contributed by atoms with E-state index in [-0.39, 0.29) is 18.1 Å². The second-order valence-corrected chi connectivity index (χ2v) is 5.90. The lowest BCUT2D eigenvalue weighted by molar-refractivity contribution is -0.121. The van der Waals surface area contributed by atoms with Crippen LogP contribution in [-0.4, -0.2) is 30.3 Å². The molecule has 3 rings (SSSR count). The van der Waals surface area contributed by atoms with Gasteiger partial charge < -0.3 is 19.9 Å². The maximum atomic E-state index is 11.7. The third-order valence-corrected chi connectivity index (χ3v) is 4.39. The number of rotatable bonds is 4. The van der Waals surface area contributed by atoms with Gasteiger partial charge in [-0.15, -0.1) is 0 Å². The molecule has 1 amide bonds. The van der Waals surface area contributed by atoms with Crippen LogP contribution >= 0.6 is 0 Å². The van der Waals surface area contributed by atoms with Crippen LogP contribution in [0.25, 0.3) is 0 Å². The van der Waals surface area contributed by atoms with Crippen molar-refractivity contribution in [2.45, 2.75) is 50.9 Å². The average molecular weight is 305 g/mol. The van der Waals surface area contributed by atoms with Gasteiger partial charge in [0.1, 0.15) is 11.9 Å². The number of carbonyl (C=O) groups excluding carboxylic acids is 1. The van der Waals surface area contributed by atoms with Gasteiger partial charge in [-0.25, -0.2) is 0 Å². The van der Waals surface area contributed by atoms with Crippen LogP contribution in [0.3, 0.4) is 0 Å². The largest absolute Gasteiger partial charge is 0.493 e. The highest BCUT2D eigenvalue weighted by Gasteiger charge is 2.28. The normalized spacial score (nSPS) is 25.2. The van der Waals surface area contributed by atoms with Crippen LogP contribution in [0.5, 0.6) is 5.75 Å². The monoisotopic (exact) mass is 305 g/mol. The first kappa shape index (κ1) is 15.3. The molecule has 0 spiro atoms. The predicted octanol–water partition coefficient (Wildman–Crippen LogP) is 2.25. The van der Waals surface area contributed by atoms with Gasteiger partial charge in [-0.05, 0) is 30.5 Å². The molecule has 2 aliphatic heterocycles. The Labute approximate surface area is 130 Å². The molecular formula is C17H23NO4. The van der Waals surface area contributed by atoms with E-state index in [1.807, 2.05) is 25.1 Å². The molecule has 5 heteroatoms. The van der Waals surface area contributed by atoms with Gasteiger partial charge in [0, 0.05) is 25.0 Å². The smallest absolute Gasteiger partial charge is 0.220 e. The lowest BCUT2D eigenvalue weighted by atomic mass is 9.94. The minimum atomic E-state index is -0.628. The van der Waals surface area contributed by atoms with E-state index in [4.69, 9.17) is 9.47 Å². The summed E-state index contributed by atoms with van der Waals surface area (Å²) in [5.41, 5.74) is 1.77. The van der Waals surface area contributed by atoms with E-state index in [9.17, 15) is 9.90 Å². The van der Waals surface area contributed by atoms with Crippen molar-refractivity contribution < 1.29 is 19.4 Å². The summed E-state index contributed by atoms with van der Waals surface area (Å²) in [4.78, 5) is 11.7. The lowest BCUT2D eigenvalue weighted by Gasteiger charge is -2.28. The van der Waals surface area contributed by atoms with E-state index < -0.39 is 6.10 Å². The Balaban J connectivity index is 1.83. The topological polar surface area (TPSA) is 67.8 Å². The van der Waals surface area contributed by atoms with E-state index in [1.54, 1.807) is 0 Å². The summed E-state index contributed by atoms with van der Waals surface area (Å²) < 4.78 is 11.2. The predicted molar refractivity (Wildman–Crippen MR) is 81.7 cm³/mol. The number of hydrogen-bond acceptors (Lipinski definition) is 4. The van der Waals surface area contributed by atoms with Gasteiger partial charge in [0.25, 0.3) is 0 Å². The van der Waals surface area contributed by atoms with Crippen molar-refractivity contribution in [2.24, 2.45) is 0 Å². The number of ether oxygens (including phenoxy) is 2. The van der Waals surface area contributed by atoms with E-state index in [1.165, 1.54) is 0 Å². The number of aliphatic hydroxyl groups excluding tert-OH is 1. The molecule has 0 radical (unpaired) electrons. The first-order valence-corrected chi connectivity index (χ1v) is 8.04. The third kappa shape index (κ3) is 3.10. The van der Waals surface area contributed by atoms with Crippen molar-refractivity contribution in [2.75, 3.05) is 13.2 Å². The highest BCUT2D eigenvalue weighted by molar-refractivity contribution is 5.76. The maximum absolute atomic E-state index is 11.7. The van der Waals surface area contributed by atoms with E-state index in [0.29, 0.717) is 19.6 Å².